The van der Waals surface area contributed by atoms with Gasteiger partial charge in [0.15, 0.2) is 0 Å². The van der Waals surface area contributed by atoms with Crippen molar-refractivity contribution in [2.75, 3.05) is 13.6 Å². The number of nitrogens with zero attached hydrogens (tertiary/aromatic N) is 4. The number of hydrogen-bond acceptors (Lipinski definition) is 3. The molecule has 1 N–H and O–H groups in total. The molecule has 2 aromatic carbocycles. The number of urea groups is 1. The average Bonchev–Trinajstić information content (AvgIpc) is 3.28. The van der Waals surface area contributed by atoms with Crippen LogP contribution in [0.15, 0.2) is 61.2 Å². The second-order valence-electron chi connectivity index (χ2n) is 7.60. The normalized spacial score (nSPS) is 12.0. The summed E-state index contributed by atoms with van der Waals surface area (Å²) in [5.74, 6) is 0.532. The molecule has 0 unspecified atom stereocenters. The van der Waals surface area contributed by atoms with Gasteiger partial charge in [0, 0.05) is 13.6 Å². The van der Waals surface area contributed by atoms with Crippen LogP contribution >= 0.6 is 0 Å². The zero-order valence-electron chi connectivity index (χ0n) is 17.5. The van der Waals surface area contributed by atoms with Crippen LogP contribution in [-0.2, 0) is 6.42 Å². The number of hydrogen-bond donors (Lipinski definition) is 1. The third kappa shape index (κ3) is 5.22. The maximum atomic E-state index is 12.5. The molecule has 0 aliphatic heterocycles. The molecular formula is C23H29N5O. The Bertz CT molecular complexity index is 901. The van der Waals surface area contributed by atoms with Crippen molar-refractivity contribution < 1.29 is 4.79 Å². The quantitative estimate of drug-likeness (QED) is 0.652. The van der Waals surface area contributed by atoms with Crippen molar-refractivity contribution in [3.63, 3.8) is 0 Å². The number of rotatable bonds is 7. The van der Waals surface area contributed by atoms with Crippen LogP contribution in [0.1, 0.15) is 49.4 Å². The van der Waals surface area contributed by atoms with Gasteiger partial charge in [0.2, 0.25) is 0 Å². The summed E-state index contributed by atoms with van der Waals surface area (Å²) >= 11 is 0. The Kier molecular flexibility index (Phi) is 6.65. The third-order valence-electron chi connectivity index (χ3n) is 5.30. The molecular weight excluding hydrogens is 362 g/mol. The molecule has 0 bridgehead atoms. The third-order valence-corrected chi connectivity index (χ3v) is 5.30. The van der Waals surface area contributed by atoms with Crippen molar-refractivity contribution in [3.05, 3.63) is 77.9 Å². The topological polar surface area (TPSA) is 63.1 Å². The van der Waals surface area contributed by atoms with Gasteiger partial charge in [0.25, 0.3) is 0 Å². The number of nitrogens with one attached hydrogen (secondary N) is 1. The van der Waals surface area contributed by atoms with Gasteiger partial charge in [-0.2, -0.15) is 5.10 Å². The minimum absolute atomic E-state index is 0.0369. The van der Waals surface area contributed by atoms with Crippen molar-refractivity contribution in [1.29, 1.82) is 0 Å². The molecule has 3 rings (SSSR count). The fourth-order valence-electron chi connectivity index (χ4n) is 3.15. The van der Waals surface area contributed by atoms with E-state index < -0.39 is 0 Å². The molecule has 1 atom stereocenters. The van der Waals surface area contributed by atoms with E-state index in [4.69, 9.17) is 0 Å². The molecule has 0 aliphatic rings. The first kappa shape index (κ1) is 20.6. The maximum Gasteiger partial charge on any atom is 0.317 e. The van der Waals surface area contributed by atoms with Gasteiger partial charge in [-0.1, -0.05) is 50.2 Å². The Morgan fingerprint density at radius 1 is 1.03 bits per heavy atom. The van der Waals surface area contributed by atoms with E-state index in [1.54, 1.807) is 15.9 Å². The molecule has 29 heavy (non-hydrogen) atoms. The highest BCUT2D eigenvalue weighted by Gasteiger charge is 2.17. The summed E-state index contributed by atoms with van der Waals surface area (Å²) in [7, 11) is 1.82. The lowest BCUT2D eigenvalue weighted by molar-refractivity contribution is 0.194. The molecule has 1 heterocycles. The minimum atomic E-state index is -0.0725. The highest BCUT2D eigenvalue weighted by Crippen LogP contribution is 2.20. The van der Waals surface area contributed by atoms with E-state index in [0.29, 0.717) is 12.5 Å². The lowest BCUT2D eigenvalue weighted by Gasteiger charge is -2.25. The van der Waals surface area contributed by atoms with Gasteiger partial charge in [0.1, 0.15) is 12.7 Å². The fourth-order valence-corrected chi connectivity index (χ4v) is 3.15. The van der Waals surface area contributed by atoms with Crippen LogP contribution in [0.4, 0.5) is 4.79 Å². The number of amides is 2. The van der Waals surface area contributed by atoms with Gasteiger partial charge in [-0.15, -0.1) is 0 Å². The van der Waals surface area contributed by atoms with Crippen LogP contribution in [0.5, 0.6) is 0 Å². The van der Waals surface area contributed by atoms with Crippen LogP contribution < -0.4 is 5.32 Å². The summed E-state index contributed by atoms with van der Waals surface area (Å²) in [6, 6.07) is 16.5. The van der Waals surface area contributed by atoms with Gasteiger partial charge in [0.05, 0.1) is 11.7 Å². The first-order valence-electron chi connectivity index (χ1n) is 10.00. The van der Waals surface area contributed by atoms with E-state index in [1.807, 2.05) is 38.2 Å². The van der Waals surface area contributed by atoms with E-state index in [-0.39, 0.29) is 12.1 Å². The maximum absolute atomic E-state index is 12.5. The molecule has 0 aliphatic carbocycles. The van der Waals surface area contributed by atoms with E-state index in [2.05, 4.69) is 53.5 Å². The highest BCUT2D eigenvalue weighted by molar-refractivity contribution is 5.74. The van der Waals surface area contributed by atoms with Crippen molar-refractivity contribution in [3.8, 4) is 5.69 Å². The van der Waals surface area contributed by atoms with Gasteiger partial charge in [-0.3, -0.25) is 0 Å². The standard InChI is InChI=1S/C23H29N5O/c1-17(2)20-7-5-19(6-8-20)13-14-25-23(29)27(4)18(3)21-9-11-22(12-10-21)28-16-24-15-26-28/h5-12,15-18H,13-14H2,1-4H3,(H,25,29)/t18-/m1/s1. The molecule has 3 aromatic rings. The SMILES string of the molecule is CC(C)c1ccc(CCNC(=O)N(C)[C@H](C)c2ccc(-n3cncn3)cc2)cc1. The molecule has 0 radical (unpaired) electrons. The summed E-state index contributed by atoms with van der Waals surface area (Å²) in [6.45, 7) is 7.01. The highest BCUT2D eigenvalue weighted by atomic mass is 16.2. The van der Waals surface area contributed by atoms with Crippen LogP contribution in [0.3, 0.4) is 0 Å². The predicted octanol–water partition coefficient (Wildman–Crippen LogP) is 4.34. The monoisotopic (exact) mass is 391 g/mol. The van der Waals surface area contributed by atoms with E-state index in [1.165, 1.54) is 17.5 Å². The zero-order valence-corrected chi connectivity index (χ0v) is 17.5. The average molecular weight is 392 g/mol. The molecule has 152 valence electrons. The van der Waals surface area contributed by atoms with Gasteiger partial charge >= 0.3 is 6.03 Å². The molecule has 6 nitrogen and oxygen atoms in total. The van der Waals surface area contributed by atoms with E-state index >= 15 is 0 Å². The Morgan fingerprint density at radius 2 is 1.69 bits per heavy atom. The van der Waals surface area contributed by atoms with Crippen molar-refractivity contribution >= 4 is 6.03 Å². The van der Waals surface area contributed by atoms with E-state index in [9.17, 15) is 4.79 Å². The predicted molar refractivity (Wildman–Crippen MR) is 115 cm³/mol. The number of benzene rings is 2. The molecule has 0 saturated carbocycles. The van der Waals surface area contributed by atoms with Crippen LogP contribution in [-0.4, -0.2) is 39.3 Å². The number of aromatic nitrogens is 3. The zero-order chi connectivity index (χ0) is 20.8. The Hall–Kier alpha value is -3.15. The second-order valence-corrected chi connectivity index (χ2v) is 7.60. The summed E-state index contributed by atoms with van der Waals surface area (Å²) in [6.07, 6.45) is 3.99. The molecule has 0 saturated heterocycles. The van der Waals surface area contributed by atoms with Gasteiger partial charge in [-0.25, -0.2) is 14.5 Å². The lowest BCUT2D eigenvalue weighted by Crippen LogP contribution is -2.39. The Morgan fingerprint density at radius 3 is 2.28 bits per heavy atom. The first-order chi connectivity index (χ1) is 14.0. The number of carbonyl (C=O) groups excluding carboxylic acids is 1. The lowest BCUT2D eigenvalue weighted by atomic mass is 10.0. The van der Waals surface area contributed by atoms with Crippen LogP contribution in [0.25, 0.3) is 5.69 Å². The van der Waals surface area contributed by atoms with E-state index in [0.717, 1.165) is 17.7 Å². The fraction of sp³-hybridized carbons (Fsp3) is 0.348. The van der Waals surface area contributed by atoms with Crippen molar-refractivity contribution in [2.45, 2.75) is 39.2 Å². The van der Waals surface area contributed by atoms with Crippen LogP contribution in [0.2, 0.25) is 0 Å². The molecule has 2 amide bonds. The van der Waals surface area contributed by atoms with Crippen LogP contribution in [0, 0.1) is 0 Å². The molecule has 1 aromatic heterocycles. The van der Waals surface area contributed by atoms with Crippen molar-refractivity contribution in [1.82, 2.24) is 25.0 Å². The Balaban J connectivity index is 1.51. The number of carbonyl (C=O) groups is 1. The Labute approximate surface area is 172 Å². The molecule has 6 heteroatoms. The van der Waals surface area contributed by atoms with Gasteiger partial charge in [-0.05, 0) is 48.1 Å². The summed E-state index contributed by atoms with van der Waals surface area (Å²) in [5.41, 5.74) is 4.57. The minimum Gasteiger partial charge on any atom is -0.338 e. The van der Waals surface area contributed by atoms with Crippen molar-refractivity contribution in [2.24, 2.45) is 0 Å². The smallest absolute Gasteiger partial charge is 0.317 e. The molecule has 0 fully saturated rings. The second kappa shape index (κ2) is 9.37. The largest absolute Gasteiger partial charge is 0.338 e. The summed E-state index contributed by atoms with van der Waals surface area (Å²) in [5, 5.41) is 7.14. The van der Waals surface area contributed by atoms with Gasteiger partial charge < -0.3 is 10.2 Å². The first-order valence-corrected chi connectivity index (χ1v) is 10.00. The summed E-state index contributed by atoms with van der Waals surface area (Å²) in [4.78, 5) is 18.2. The summed E-state index contributed by atoms with van der Waals surface area (Å²) < 4.78 is 1.71. The molecule has 0 spiro atoms.